The van der Waals surface area contributed by atoms with E-state index in [1.54, 1.807) is 7.11 Å². The Kier molecular flexibility index (Phi) is 4.70. The molecule has 1 aliphatic carbocycles. The second kappa shape index (κ2) is 5.58. The molecule has 0 bridgehead atoms. The van der Waals surface area contributed by atoms with Crippen LogP contribution in [0, 0.1) is 5.92 Å². The van der Waals surface area contributed by atoms with Gasteiger partial charge in [-0.1, -0.05) is 0 Å². The topological polar surface area (TPSA) is 32.7 Å². The van der Waals surface area contributed by atoms with Gasteiger partial charge in [-0.15, -0.1) is 0 Å². The van der Waals surface area contributed by atoms with Crippen molar-refractivity contribution < 1.29 is 9.84 Å². The van der Waals surface area contributed by atoms with E-state index in [4.69, 9.17) is 4.74 Å². The van der Waals surface area contributed by atoms with Crippen LogP contribution in [0.15, 0.2) is 0 Å². The Morgan fingerprint density at radius 2 is 2.23 bits per heavy atom. The Morgan fingerprint density at radius 3 is 2.77 bits per heavy atom. The van der Waals surface area contributed by atoms with Gasteiger partial charge >= 0.3 is 0 Å². The van der Waals surface area contributed by atoms with Crippen molar-refractivity contribution in [1.29, 1.82) is 0 Å². The average Bonchev–Trinajstić information content (AvgIpc) is 2.86. The number of hydrogen-bond donors (Lipinski definition) is 1. The maximum absolute atomic E-state index is 9.64. The van der Waals surface area contributed by atoms with Crippen LogP contribution in [0.25, 0.3) is 0 Å². The highest BCUT2D eigenvalue weighted by Gasteiger charge is 2.29. The van der Waals surface area contributed by atoms with Crippen LogP contribution in [0.3, 0.4) is 0 Å². The summed E-state index contributed by atoms with van der Waals surface area (Å²) >= 11 is 0. The van der Waals surface area contributed by atoms with E-state index in [9.17, 15) is 5.11 Å². The molecule has 1 atom stereocenters. The molecular formula is C10H21NO2. The summed E-state index contributed by atoms with van der Waals surface area (Å²) in [5.41, 5.74) is 0. The number of methoxy groups -OCH3 is 1. The summed E-state index contributed by atoms with van der Waals surface area (Å²) in [5.74, 6) is 0.588. The van der Waals surface area contributed by atoms with Gasteiger partial charge in [-0.3, -0.25) is 0 Å². The fourth-order valence-electron chi connectivity index (χ4n) is 1.52. The van der Waals surface area contributed by atoms with Gasteiger partial charge in [0.25, 0.3) is 0 Å². The van der Waals surface area contributed by atoms with E-state index in [0.29, 0.717) is 5.92 Å². The third-order valence-corrected chi connectivity index (χ3v) is 2.55. The summed E-state index contributed by atoms with van der Waals surface area (Å²) in [4.78, 5) is 2.18. The van der Waals surface area contributed by atoms with Crippen LogP contribution < -0.4 is 0 Å². The van der Waals surface area contributed by atoms with Crippen LogP contribution in [0.1, 0.15) is 19.3 Å². The van der Waals surface area contributed by atoms with Crippen LogP contribution in [0.5, 0.6) is 0 Å². The zero-order chi connectivity index (χ0) is 9.68. The van der Waals surface area contributed by atoms with Crippen molar-refractivity contribution in [3.05, 3.63) is 0 Å². The molecule has 0 aromatic carbocycles. The minimum atomic E-state index is -0.104. The van der Waals surface area contributed by atoms with E-state index in [-0.39, 0.29) is 6.10 Å². The number of aliphatic hydroxyl groups excluding tert-OH is 1. The van der Waals surface area contributed by atoms with E-state index in [0.717, 1.165) is 26.1 Å². The number of rotatable bonds is 7. The van der Waals surface area contributed by atoms with Gasteiger partial charge in [-0.2, -0.15) is 0 Å². The van der Waals surface area contributed by atoms with Crippen LogP contribution in [-0.2, 0) is 4.74 Å². The average molecular weight is 187 g/mol. The summed E-state index contributed by atoms with van der Waals surface area (Å²) in [7, 11) is 3.78. The van der Waals surface area contributed by atoms with Crippen molar-refractivity contribution in [3.63, 3.8) is 0 Å². The second-order valence-electron chi connectivity index (χ2n) is 4.01. The quantitative estimate of drug-likeness (QED) is 0.596. The van der Waals surface area contributed by atoms with Gasteiger partial charge in [0.05, 0.1) is 6.10 Å². The van der Waals surface area contributed by atoms with Gasteiger partial charge in [0.2, 0.25) is 0 Å². The molecule has 0 aromatic rings. The smallest absolute Gasteiger partial charge is 0.0695 e. The normalized spacial score (nSPS) is 19.4. The van der Waals surface area contributed by atoms with E-state index in [1.165, 1.54) is 12.8 Å². The first-order chi connectivity index (χ1) is 6.24. The number of nitrogens with zero attached hydrogens (tertiary/aromatic N) is 1. The summed E-state index contributed by atoms with van der Waals surface area (Å²) in [6.45, 7) is 2.63. The van der Waals surface area contributed by atoms with Gasteiger partial charge in [0.15, 0.2) is 0 Å². The molecular weight excluding hydrogens is 166 g/mol. The number of likely N-dealkylation sites (N-methyl/N-ethyl adjacent to an activating group) is 1. The van der Waals surface area contributed by atoms with Crippen molar-refractivity contribution in [2.75, 3.05) is 33.9 Å². The summed E-state index contributed by atoms with van der Waals surface area (Å²) in [5, 5.41) is 9.64. The Labute approximate surface area is 80.7 Å². The second-order valence-corrected chi connectivity index (χ2v) is 4.01. The highest BCUT2D eigenvalue weighted by molar-refractivity contribution is 4.82. The molecule has 3 heteroatoms. The molecule has 0 saturated heterocycles. The Morgan fingerprint density at radius 1 is 1.54 bits per heavy atom. The molecule has 0 aliphatic heterocycles. The molecule has 1 fully saturated rings. The third kappa shape index (κ3) is 4.60. The first kappa shape index (κ1) is 11.0. The van der Waals surface area contributed by atoms with E-state index >= 15 is 0 Å². The lowest BCUT2D eigenvalue weighted by Gasteiger charge is -2.19. The first-order valence-electron chi connectivity index (χ1n) is 5.09. The number of aliphatic hydroxyl groups is 1. The lowest BCUT2D eigenvalue weighted by Crippen LogP contribution is -2.31. The van der Waals surface area contributed by atoms with E-state index < -0.39 is 0 Å². The predicted molar refractivity (Wildman–Crippen MR) is 52.7 cm³/mol. The van der Waals surface area contributed by atoms with Crippen molar-refractivity contribution in [1.82, 2.24) is 4.90 Å². The minimum Gasteiger partial charge on any atom is -0.392 e. The molecule has 0 spiro atoms. The fourth-order valence-corrected chi connectivity index (χ4v) is 1.52. The highest BCUT2D eigenvalue weighted by Crippen LogP contribution is 2.32. The molecule has 78 valence electrons. The summed E-state index contributed by atoms with van der Waals surface area (Å²) in [6.07, 6.45) is 3.37. The van der Waals surface area contributed by atoms with Crippen molar-refractivity contribution in [2.24, 2.45) is 5.92 Å². The SMILES string of the molecule is COCCCN(C)CC(O)C1CC1. The van der Waals surface area contributed by atoms with Crippen molar-refractivity contribution in [3.8, 4) is 0 Å². The highest BCUT2D eigenvalue weighted by atomic mass is 16.5. The molecule has 3 nitrogen and oxygen atoms in total. The maximum Gasteiger partial charge on any atom is 0.0695 e. The molecule has 0 radical (unpaired) electrons. The van der Waals surface area contributed by atoms with Crippen LogP contribution in [0.4, 0.5) is 0 Å². The third-order valence-electron chi connectivity index (χ3n) is 2.55. The van der Waals surface area contributed by atoms with Gasteiger partial charge in [0.1, 0.15) is 0 Å². The van der Waals surface area contributed by atoms with Crippen molar-refractivity contribution in [2.45, 2.75) is 25.4 Å². The van der Waals surface area contributed by atoms with E-state index in [1.807, 2.05) is 0 Å². The molecule has 0 heterocycles. The van der Waals surface area contributed by atoms with Gasteiger partial charge < -0.3 is 14.7 Å². The Hall–Kier alpha value is -0.120. The first-order valence-corrected chi connectivity index (χ1v) is 5.09. The summed E-state index contributed by atoms with van der Waals surface area (Å²) < 4.78 is 4.97. The van der Waals surface area contributed by atoms with Crippen molar-refractivity contribution >= 4 is 0 Å². The predicted octanol–water partition coefficient (Wildman–Crippen LogP) is 0.726. The molecule has 1 aliphatic rings. The molecule has 1 saturated carbocycles. The number of ether oxygens (including phenoxy) is 1. The van der Waals surface area contributed by atoms with Gasteiger partial charge in [-0.05, 0) is 32.2 Å². The zero-order valence-corrected chi connectivity index (χ0v) is 8.70. The van der Waals surface area contributed by atoms with Gasteiger partial charge in [0, 0.05) is 26.8 Å². The van der Waals surface area contributed by atoms with E-state index in [2.05, 4.69) is 11.9 Å². The molecule has 1 N–H and O–H groups in total. The Balaban J connectivity index is 1.98. The Bertz CT molecular complexity index is 137. The monoisotopic (exact) mass is 187 g/mol. The van der Waals surface area contributed by atoms with Crippen LogP contribution >= 0.6 is 0 Å². The van der Waals surface area contributed by atoms with Gasteiger partial charge in [-0.25, -0.2) is 0 Å². The molecule has 13 heavy (non-hydrogen) atoms. The zero-order valence-electron chi connectivity index (χ0n) is 8.70. The lowest BCUT2D eigenvalue weighted by atomic mass is 10.2. The summed E-state index contributed by atoms with van der Waals surface area (Å²) in [6, 6.07) is 0. The molecule has 0 amide bonds. The fraction of sp³-hybridized carbons (Fsp3) is 1.00. The van der Waals surface area contributed by atoms with Crippen LogP contribution in [0.2, 0.25) is 0 Å². The molecule has 0 aromatic heterocycles. The minimum absolute atomic E-state index is 0.104. The molecule has 1 unspecified atom stereocenters. The standard InChI is InChI=1S/C10H21NO2/c1-11(6-3-7-13-2)8-10(12)9-4-5-9/h9-10,12H,3-8H2,1-2H3. The van der Waals surface area contributed by atoms with Crippen LogP contribution in [-0.4, -0.2) is 50.0 Å². The maximum atomic E-state index is 9.64. The largest absolute Gasteiger partial charge is 0.392 e. The number of hydrogen-bond acceptors (Lipinski definition) is 3. The lowest BCUT2D eigenvalue weighted by molar-refractivity contribution is 0.100. The molecule has 1 rings (SSSR count).